The van der Waals surface area contributed by atoms with Crippen molar-refractivity contribution in [1.29, 1.82) is 0 Å². The van der Waals surface area contributed by atoms with Gasteiger partial charge in [-0.3, -0.25) is 14.9 Å². The summed E-state index contributed by atoms with van der Waals surface area (Å²) in [5.41, 5.74) is 3.75. The smallest absolute Gasteiger partial charge is 0.366 e. The number of methoxy groups -OCH3 is 1. The van der Waals surface area contributed by atoms with E-state index in [9.17, 15) is 14.9 Å². The van der Waals surface area contributed by atoms with Gasteiger partial charge in [0.2, 0.25) is 5.75 Å². The molecule has 1 N–H and O–H groups in total. The first kappa shape index (κ1) is 23.4. The molecule has 33 heavy (non-hydrogen) atoms. The number of carbonyl (C=O) groups excluding carboxylic acids is 1. The van der Waals surface area contributed by atoms with Gasteiger partial charge < -0.3 is 19.9 Å². The number of hydrogen-bond donors (Lipinski definition) is 1. The maximum atomic E-state index is 13.1. The van der Waals surface area contributed by atoms with E-state index in [0.29, 0.717) is 13.1 Å². The first-order chi connectivity index (χ1) is 15.7. The minimum absolute atomic E-state index is 0.0635. The number of amides is 1. The fourth-order valence-electron chi connectivity index (χ4n) is 4.93. The molecule has 1 spiro atoms. The normalized spacial score (nSPS) is 17.3. The number of rotatable bonds is 4. The Morgan fingerprint density at radius 3 is 2.33 bits per heavy atom. The monoisotopic (exact) mass is 488 g/mol. The fourth-order valence-corrected chi connectivity index (χ4v) is 6.05. The van der Waals surface area contributed by atoms with Gasteiger partial charge in [-0.25, -0.2) is 0 Å². The van der Waals surface area contributed by atoms with E-state index in [0.717, 1.165) is 54.5 Å². The number of carbonyl (C=O) groups is 1. The van der Waals surface area contributed by atoms with Crippen molar-refractivity contribution in [2.24, 2.45) is 5.41 Å². The van der Waals surface area contributed by atoms with Gasteiger partial charge >= 0.3 is 5.00 Å². The predicted molar refractivity (Wildman–Crippen MR) is 133 cm³/mol. The zero-order valence-electron chi connectivity index (χ0n) is 19.1. The summed E-state index contributed by atoms with van der Waals surface area (Å²) in [6.45, 7) is 7.13. The molecule has 3 heterocycles. The van der Waals surface area contributed by atoms with Crippen LogP contribution in [-0.2, 0) is 0 Å². The highest BCUT2D eigenvalue weighted by Crippen LogP contribution is 2.43. The minimum atomic E-state index is -0.503. The lowest BCUT2D eigenvalue weighted by atomic mass is 9.78. The van der Waals surface area contributed by atoms with Crippen molar-refractivity contribution < 1.29 is 14.5 Å². The molecule has 0 radical (unpaired) electrons. The lowest BCUT2D eigenvalue weighted by molar-refractivity contribution is -0.381. The first-order valence-electron chi connectivity index (χ1n) is 10.9. The molecule has 4 rings (SSSR count). The van der Waals surface area contributed by atoms with Crippen LogP contribution in [0, 0.1) is 29.4 Å². The molecule has 0 saturated carbocycles. The minimum Gasteiger partial charge on any atom is -0.489 e. The number of piperidine rings is 1. The zero-order chi connectivity index (χ0) is 23.8. The number of likely N-dealkylation sites (tertiary alicyclic amines) is 2. The van der Waals surface area contributed by atoms with E-state index < -0.39 is 4.92 Å². The van der Waals surface area contributed by atoms with Crippen LogP contribution in [-0.4, -0.2) is 59.0 Å². The Morgan fingerprint density at radius 1 is 1.15 bits per heavy atom. The number of thiophene rings is 1. The van der Waals surface area contributed by atoms with Crippen molar-refractivity contribution in [3.63, 3.8) is 0 Å². The van der Waals surface area contributed by atoms with Crippen LogP contribution in [0.3, 0.4) is 0 Å². The highest BCUT2D eigenvalue weighted by Gasteiger charge is 2.43. The number of hydrogen-bond acceptors (Lipinski definition) is 6. The number of thiocarbonyl (C=S) groups is 1. The summed E-state index contributed by atoms with van der Waals surface area (Å²) in [5, 5.41) is 16.7. The summed E-state index contributed by atoms with van der Waals surface area (Å²) in [5.74, 6) is -0.129. The van der Waals surface area contributed by atoms with E-state index >= 15 is 0 Å². The van der Waals surface area contributed by atoms with Crippen LogP contribution in [0.5, 0.6) is 5.75 Å². The average Bonchev–Trinajstić information content (AvgIpc) is 3.37. The molecule has 2 aliphatic rings. The van der Waals surface area contributed by atoms with Gasteiger partial charge in [-0.1, -0.05) is 17.4 Å². The molecule has 2 aromatic rings. The molecule has 1 aromatic heterocycles. The van der Waals surface area contributed by atoms with E-state index in [4.69, 9.17) is 17.0 Å². The maximum Gasteiger partial charge on any atom is 0.366 e. The molecular weight excluding hydrogens is 460 g/mol. The van der Waals surface area contributed by atoms with E-state index in [1.54, 1.807) is 0 Å². The van der Waals surface area contributed by atoms with Gasteiger partial charge in [-0.2, -0.15) is 0 Å². The van der Waals surface area contributed by atoms with Gasteiger partial charge in [0.15, 0.2) is 5.11 Å². The second-order valence-electron chi connectivity index (χ2n) is 9.02. The first-order valence-corrected chi connectivity index (χ1v) is 12.2. The van der Waals surface area contributed by atoms with Crippen LogP contribution in [0.4, 0.5) is 10.7 Å². The summed E-state index contributed by atoms with van der Waals surface area (Å²) >= 11 is 6.60. The third-order valence-corrected chi connectivity index (χ3v) is 7.91. The average molecular weight is 489 g/mol. The second-order valence-corrected chi connectivity index (χ2v) is 10.3. The molecule has 2 saturated heterocycles. The number of anilines is 1. The standard InChI is InChI=1S/C23H28N4O4S2/c1-15-10-16(2)12-17(11-15)24-22(32)25-7-4-23(5-8-25)6-9-26(14-23)20(28)18-13-33-21(27(29)30)19(18)31-3/h10-13H,4-9,14H2,1-3H3,(H,24,32). The molecule has 176 valence electrons. The zero-order valence-corrected chi connectivity index (χ0v) is 20.7. The number of nitro groups is 1. The summed E-state index contributed by atoms with van der Waals surface area (Å²) in [7, 11) is 1.36. The third-order valence-electron chi connectivity index (χ3n) is 6.64. The van der Waals surface area contributed by atoms with Crippen LogP contribution in [0.25, 0.3) is 0 Å². The predicted octanol–water partition coefficient (Wildman–Crippen LogP) is 4.61. The van der Waals surface area contributed by atoms with Crippen molar-refractivity contribution in [2.45, 2.75) is 33.1 Å². The number of benzene rings is 1. The van der Waals surface area contributed by atoms with E-state index in [1.807, 2.05) is 4.90 Å². The van der Waals surface area contributed by atoms with E-state index in [-0.39, 0.29) is 27.6 Å². The Labute approximate surface area is 202 Å². The Balaban J connectivity index is 1.36. The molecule has 0 bridgehead atoms. The van der Waals surface area contributed by atoms with Crippen molar-refractivity contribution >= 4 is 45.3 Å². The van der Waals surface area contributed by atoms with Gasteiger partial charge in [0.25, 0.3) is 5.91 Å². The second kappa shape index (κ2) is 9.26. The molecule has 8 nitrogen and oxygen atoms in total. The summed E-state index contributed by atoms with van der Waals surface area (Å²) in [4.78, 5) is 27.8. The maximum absolute atomic E-state index is 13.1. The van der Waals surface area contributed by atoms with Crippen molar-refractivity contribution in [2.75, 3.05) is 38.6 Å². The molecule has 0 unspecified atom stereocenters. The van der Waals surface area contributed by atoms with Crippen molar-refractivity contribution in [3.8, 4) is 5.75 Å². The molecule has 2 fully saturated rings. The fraction of sp³-hybridized carbons (Fsp3) is 0.478. The highest BCUT2D eigenvalue weighted by atomic mass is 32.1. The molecule has 0 atom stereocenters. The van der Waals surface area contributed by atoms with Crippen LogP contribution >= 0.6 is 23.6 Å². The van der Waals surface area contributed by atoms with Gasteiger partial charge in [-0.15, -0.1) is 0 Å². The topological polar surface area (TPSA) is 88.0 Å². The molecular formula is C23H28N4O4S2. The molecule has 0 aliphatic carbocycles. The summed E-state index contributed by atoms with van der Waals surface area (Å²) in [6.07, 6.45) is 2.83. The van der Waals surface area contributed by atoms with Crippen molar-refractivity contribution in [3.05, 3.63) is 50.4 Å². The Morgan fingerprint density at radius 2 is 1.76 bits per heavy atom. The number of aryl methyl sites for hydroxylation is 2. The summed E-state index contributed by atoms with van der Waals surface area (Å²) in [6, 6.07) is 6.32. The van der Waals surface area contributed by atoms with Gasteiger partial charge in [0.05, 0.1) is 17.6 Å². The highest BCUT2D eigenvalue weighted by molar-refractivity contribution is 7.80. The molecule has 1 aromatic carbocycles. The lowest BCUT2D eigenvalue weighted by Gasteiger charge is -2.40. The number of ether oxygens (including phenoxy) is 1. The SMILES string of the molecule is COc1c(C(=O)N2CCC3(CCN(C(=S)Nc4cc(C)cc(C)c4)CC3)C2)csc1[N+](=O)[O-]. The summed E-state index contributed by atoms with van der Waals surface area (Å²) < 4.78 is 5.19. The van der Waals surface area contributed by atoms with Gasteiger partial charge in [0, 0.05) is 37.2 Å². The molecule has 1 amide bonds. The number of nitrogens with zero attached hydrogens (tertiary/aromatic N) is 3. The Kier molecular flexibility index (Phi) is 6.58. The number of nitrogens with one attached hydrogen (secondary N) is 1. The quantitative estimate of drug-likeness (QED) is 0.382. The van der Waals surface area contributed by atoms with Crippen molar-refractivity contribution in [1.82, 2.24) is 9.80 Å². The van der Waals surface area contributed by atoms with Gasteiger partial charge in [-0.05, 0) is 74.0 Å². The lowest BCUT2D eigenvalue weighted by Crippen LogP contribution is -2.46. The van der Waals surface area contributed by atoms with Crippen LogP contribution in [0.15, 0.2) is 23.6 Å². The Hall–Kier alpha value is -2.72. The molecule has 2 aliphatic heterocycles. The largest absolute Gasteiger partial charge is 0.489 e. The van der Waals surface area contributed by atoms with Crippen LogP contribution < -0.4 is 10.1 Å². The van der Waals surface area contributed by atoms with Gasteiger partial charge in [0.1, 0.15) is 0 Å². The molecule has 10 heteroatoms. The third kappa shape index (κ3) is 4.81. The van der Waals surface area contributed by atoms with E-state index in [2.05, 4.69) is 42.3 Å². The Bertz CT molecular complexity index is 1070. The van der Waals surface area contributed by atoms with Crippen LogP contribution in [0.2, 0.25) is 0 Å². The van der Waals surface area contributed by atoms with Crippen LogP contribution in [0.1, 0.15) is 40.7 Å². The van der Waals surface area contributed by atoms with E-state index in [1.165, 1.54) is 23.6 Å².